The molecule has 0 bridgehead atoms. The van der Waals surface area contributed by atoms with Crippen LogP contribution >= 0.6 is 0 Å². The summed E-state index contributed by atoms with van der Waals surface area (Å²) in [5.74, 6) is -1.13. The molecule has 84 valence electrons. The Bertz CT molecular complexity index is 515. The van der Waals surface area contributed by atoms with Gasteiger partial charge in [-0.05, 0) is 42.0 Å². The van der Waals surface area contributed by atoms with Crippen LogP contribution in [0.5, 0.6) is 0 Å². The second-order valence-corrected chi connectivity index (χ2v) is 3.47. The first-order chi connectivity index (χ1) is 8.15. The van der Waals surface area contributed by atoms with Crippen LogP contribution in [-0.4, -0.2) is 5.78 Å². The summed E-state index contributed by atoms with van der Waals surface area (Å²) in [5, 5.41) is 0. The SMILES string of the molecule is O=C([C]c1ccc(F)cc1)c1ccc(F)cc1. The van der Waals surface area contributed by atoms with Crippen molar-refractivity contribution in [2.45, 2.75) is 0 Å². The molecule has 2 aromatic rings. The van der Waals surface area contributed by atoms with Crippen molar-refractivity contribution in [3.05, 3.63) is 77.7 Å². The van der Waals surface area contributed by atoms with Crippen molar-refractivity contribution < 1.29 is 13.6 Å². The van der Waals surface area contributed by atoms with Crippen LogP contribution in [0.1, 0.15) is 15.9 Å². The summed E-state index contributed by atoms with van der Waals surface area (Å²) in [6, 6.07) is 10.6. The highest BCUT2D eigenvalue weighted by Gasteiger charge is 2.08. The maximum Gasteiger partial charge on any atom is 0.176 e. The third-order valence-electron chi connectivity index (χ3n) is 2.21. The lowest BCUT2D eigenvalue weighted by Gasteiger charge is -2.00. The van der Waals surface area contributed by atoms with Crippen LogP contribution < -0.4 is 0 Å². The highest BCUT2D eigenvalue weighted by atomic mass is 19.1. The Morgan fingerprint density at radius 3 is 1.82 bits per heavy atom. The van der Waals surface area contributed by atoms with E-state index in [0.717, 1.165) is 0 Å². The van der Waals surface area contributed by atoms with Crippen molar-refractivity contribution in [3.8, 4) is 0 Å². The molecule has 0 aliphatic rings. The summed E-state index contributed by atoms with van der Waals surface area (Å²) >= 11 is 0. The van der Waals surface area contributed by atoms with Crippen LogP contribution in [0, 0.1) is 18.1 Å². The minimum absolute atomic E-state index is 0.343. The standard InChI is InChI=1S/C14H8F2O/c15-12-5-1-10(2-6-12)9-14(17)11-3-7-13(16)8-4-11/h1-8H. The predicted octanol–water partition coefficient (Wildman–Crippen LogP) is 3.28. The van der Waals surface area contributed by atoms with Gasteiger partial charge < -0.3 is 0 Å². The zero-order chi connectivity index (χ0) is 12.3. The fraction of sp³-hybridized carbons (Fsp3) is 0. The summed E-state index contributed by atoms with van der Waals surface area (Å²) in [6.45, 7) is 0. The molecule has 2 aromatic carbocycles. The first kappa shape index (κ1) is 11.5. The summed E-state index contributed by atoms with van der Waals surface area (Å²) in [7, 11) is 0. The molecule has 0 unspecified atom stereocenters. The van der Waals surface area contributed by atoms with Crippen LogP contribution in [0.4, 0.5) is 8.78 Å². The third-order valence-corrected chi connectivity index (χ3v) is 2.21. The second kappa shape index (κ2) is 4.87. The van der Waals surface area contributed by atoms with Crippen LogP contribution in [0.25, 0.3) is 0 Å². The predicted molar refractivity (Wildman–Crippen MR) is 59.5 cm³/mol. The Morgan fingerprint density at radius 2 is 1.29 bits per heavy atom. The summed E-state index contributed by atoms with van der Waals surface area (Å²) < 4.78 is 25.3. The molecule has 3 heteroatoms. The van der Waals surface area contributed by atoms with Crippen molar-refractivity contribution in [2.24, 2.45) is 0 Å². The summed E-state index contributed by atoms with van der Waals surface area (Å²) in [4.78, 5) is 11.7. The van der Waals surface area contributed by atoms with Gasteiger partial charge in [-0.3, -0.25) is 4.79 Å². The van der Waals surface area contributed by atoms with E-state index in [2.05, 4.69) is 6.42 Å². The number of Topliss-reactive ketones (excluding diaryl/α,β-unsaturated/α-hetero) is 1. The van der Waals surface area contributed by atoms with Crippen molar-refractivity contribution >= 4 is 5.78 Å². The van der Waals surface area contributed by atoms with E-state index in [-0.39, 0.29) is 11.6 Å². The Labute approximate surface area is 97.7 Å². The average molecular weight is 230 g/mol. The van der Waals surface area contributed by atoms with Gasteiger partial charge >= 0.3 is 0 Å². The largest absolute Gasteiger partial charge is 0.293 e. The Balaban J connectivity index is 2.11. The molecule has 0 heterocycles. The highest BCUT2D eigenvalue weighted by Crippen LogP contribution is 2.11. The molecule has 0 aliphatic heterocycles. The Morgan fingerprint density at radius 1 is 0.824 bits per heavy atom. The van der Waals surface area contributed by atoms with Crippen LogP contribution in [-0.2, 0) is 0 Å². The lowest BCUT2D eigenvalue weighted by atomic mass is 10.0. The van der Waals surface area contributed by atoms with Crippen molar-refractivity contribution in [3.63, 3.8) is 0 Å². The molecule has 17 heavy (non-hydrogen) atoms. The number of halogens is 2. The monoisotopic (exact) mass is 230 g/mol. The number of hydrogen-bond acceptors (Lipinski definition) is 1. The van der Waals surface area contributed by atoms with E-state index in [4.69, 9.17) is 0 Å². The molecule has 0 amide bonds. The number of carbonyl (C=O) groups is 1. The van der Waals surface area contributed by atoms with Gasteiger partial charge in [-0.2, -0.15) is 0 Å². The maximum absolute atomic E-state index is 12.6. The molecule has 2 rings (SSSR count). The highest BCUT2D eigenvalue weighted by molar-refractivity contribution is 6.04. The average Bonchev–Trinajstić information content (AvgIpc) is 2.33. The van der Waals surface area contributed by atoms with Crippen LogP contribution in [0.2, 0.25) is 0 Å². The van der Waals surface area contributed by atoms with Crippen LogP contribution in [0.3, 0.4) is 0 Å². The maximum atomic E-state index is 12.6. The van der Waals surface area contributed by atoms with E-state index in [9.17, 15) is 13.6 Å². The molecular weight excluding hydrogens is 222 g/mol. The minimum atomic E-state index is -0.400. The van der Waals surface area contributed by atoms with Gasteiger partial charge in [0, 0.05) is 5.56 Å². The van der Waals surface area contributed by atoms with Gasteiger partial charge in [-0.15, -0.1) is 0 Å². The molecule has 1 nitrogen and oxygen atoms in total. The molecule has 0 saturated heterocycles. The van der Waals surface area contributed by atoms with E-state index < -0.39 is 5.82 Å². The molecule has 2 radical (unpaired) electrons. The molecule has 0 aliphatic carbocycles. The van der Waals surface area contributed by atoms with Gasteiger partial charge in [0.15, 0.2) is 5.78 Å². The van der Waals surface area contributed by atoms with E-state index in [1.165, 1.54) is 48.5 Å². The quantitative estimate of drug-likeness (QED) is 0.739. The third kappa shape index (κ3) is 2.97. The van der Waals surface area contributed by atoms with Crippen LogP contribution in [0.15, 0.2) is 48.5 Å². The molecule has 0 spiro atoms. The Kier molecular flexibility index (Phi) is 3.28. The fourth-order valence-corrected chi connectivity index (χ4v) is 1.34. The van der Waals surface area contributed by atoms with Crippen molar-refractivity contribution in [1.29, 1.82) is 0 Å². The molecule has 0 atom stereocenters. The van der Waals surface area contributed by atoms with E-state index in [1.807, 2.05) is 0 Å². The van der Waals surface area contributed by atoms with Crippen molar-refractivity contribution in [1.82, 2.24) is 0 Å². The molecule has 0 saturated carbocycles. The number of rotatable bonds is 3. The van der Waals surface area contributed by atoms with Crippen molar-refractivity contribution in [2.75, 3.05) is 0 Å². The first-order valence-electron chi connectivity index (χ1n) is 4.97. The summed E-state index contributed by atoms with van der Waals surface area (Å²) in [5.41, 5.74) is 0.830. The van der Waals surface area contributed by atoms with Gasteiger partial charge in [0.2, 0.25) is 0 Å². The van der Waals surface area contributed by atoms with E-state index in [1.54, 1.807) is 0 Å². The number of ketones is 1. The number of hydrogen-bond donors (Lipinski definition) is 0. The molecule has 0 fully saturated rings. The Hall–Kier alpha value is -2.03. The molecule has 0 aromatic heterocycles. The molecular formula is C14H8F2O. The van der Waals surface area contributed by atoms with Gasteiger partial charge in [-0.25, -0.2) is 8.78 Å². The van der Waals surface area contributed by atoms with E-state index >= 15 is 0 Å². The lowest BCUT2D eigenvalue weighted by molar-refractivity contribution is 0.103. The van der Waals surface area contributed by atoms with Gasteiger partial charge in [-0.1, -0.05) is 12.1 Å². The lowest BCUT2D eigenvalue weighted by Crippen LogP contribution is -2.00. The molecule has 0 N–H and O–H groups in total. The van der Waals surface area contributed by atoms with Gasteiger partial charge in [0.25, 0.3) is 0 Å². The first-order valence-corrected chi connectivity index (χ1v) is 4.97. The zero-order valence-electron chi connectivity index (χ0n) is 8.78. The number of carbonyl (C=O) groups excluding carboxylic acids is 1. The normalized spacial score (nSPS) is 10.2. The minimum Gasteiger partial charge on any atom is -0.293 e. The second-order valence-electron chi connectivity index (χ2n) is 3.47. The fourth-order valence-electron chi connectivity index (χ4n) is 1.34. The zero-order valence-corrected chi connectivity index (χ0v) is 8.78. The van der Waals surface area contributed by atoms with E-state index in [0.29, 0.717) is 11.1 Å². The van der Waals surface area contributed by atoms with Gasteiger partial charge in [0.05, 0.1) is 6.42 Å². The summed E-state index contributed by atoms with van der Waals surface area (Å²) in [6.07, 6.45) is 2.58. The smallest absolute Gasteiger partial charge is 0.176 e. The topological polar surface area (TPSA) is 17.1 Å². The van der Waals surface area contributed by atoms with Gasteiger partial charge in [0.1, 0.15) is 11.6 Å². The number of benzene rings is 2.